The van der Waals surface area contributed by atoms with Crippen molar-refractivity contribution in [1.29, 1.82) is 0 Å². The highest BCUT2D eigenvalue weighted by Gasteiger charge is 2.10. The minimum Gasteiger partial charge on any atom is -0.508 e. The lowest BCUT2D eigenvalue weighted by Crippen LogP contribution is -2.16. The Bertz CT molecular complexity index is 596. The Morgan fingerprint density at radius 3 is 2.35 bits per heavy atom. The molecule has 2 rings (SSSR count). The standard InChI is InChI=1S/C16H17NO3/c1-20-16(19)14-8-4-2-6-12(14)10-17-11-13-7-3-5-9-15(13)18/h2-9,17-18H,10-11H2,1H3. The fourth-order valence-electron chi connectivity index (χ4n) is 1.98. The molecule has 2 aromatic carbocycles. The summed E-state index contributed by atoms with van der Waals surface area (Å²) >= 11 is 0. The molecule has 0 spiro atoms. The van der Waals surface area contributed by atoms with Gasteiger partial charge in [-0.05, 0) is 17.7 Å². The lowest BCUT2D eigenvalue weighted by atomic mass is 10.1. The molecule has 20 heavy (non-hydrogen) atoms. The number of hydrogen-bond acceptors (Lipinski definition) is 4. The number of phenols is 1. The van der Waals surface area contributed by atoms with Gasteiger partial charge in [0, 0.05) is 18.7 Å². The van der Waals surface area contributed by atoms with Gasteiger partial charge < -0.3 is 15.2 Å². The molecular formula is C16H17NO3. The van der Waals surface area contributed by atoms with Crippen LogP contribution in [0.25, 0.3) is 0 Å². The van der Waals surface area contributed by atoms with Gasteiger partial charge in [-0.2, -0.15) is 0 Å². The molecule has 0 aliphatic carbocycles. The quantitative estimate of drug-likeness (QED) is 0.820. The van der Waals surface area contributed by atoms with E-state index in [4.69, 9.17) is 4.74 Å². The molecule has 0 unspecified atom stereocenters. The van der Waals surface area contributed by atoms with Crippen LogP contribution in [0.4, 0.5) is 0 Å². The van der Waals surface area contributed by atoms with Crippen LogP contribution in [0.5, 0.6) is 5.75 Å². The van der Waals surface area contributed by atoms with Crippen LogP contribution in [0.2, 0.25) is 0 Å². The van der Waals surface area contributed by atoms with E-state index in [9.17, 15) is 9.90 Å². The highest BCUT2D eigenvalue weighted by molar-refractivity contribution is 5.90. The van der Waals surface area contributed by atoms with Crippen LogP contribution >= 0.6 is 0 Å². The molecule has 0 saturated carbocycles. The van der Waals surface area contributed by atoms with E-state index in [1.807, 2.05) is 24.3 Å². The number of ether oxygens (including phenoxy) is 1. The topological polar surface area (TPSA) is 58.6 Å². The Labute approximate surface area is 118 Å². The molecule has 0 fully saturated rings. The van der Waals surface area contributed by atoms with Crippen LogP contribution < -0.4 is 5.32 Å². The van der Waals surface area contributed by atoms with E-state index in [2.05, 4.69) is 5.32 Å². The van der Waals surface area contributed by atoms with E-state index in [0.717, 1.165) is 11.1 Å². The molecule has 0 heterocycles. The van der Waals surface area contributed by atoms with Crippen molar-refractivity contribution in [3.63, 3.8) is 0 Å². The second-order valence-corrected chi connectivity index (χ2v) is 4.38. The average Bonchev–Trinajstić information content (AvgIpc) is 2.49. The largest absolute Gasteiger partial charge is 0.508 e. The Hall–Kier alpha value is -2.33. The Morgan fingerprint density at radius 2 is 1.65 bits per heavy atom. The van der Waals surface area contributed by atoms with E-state index in [0.29, 0.717) is 18.7 Å². The number of aromatic hydroxyl groups is 1. The normalized spacial score (nSPS) is 10.2. The van der Waals surface area contributed by atoms with Gasteiger partial charge >= 0.3 is 5.97 Å². The number of methoxy groups -OCH3 is 1. The van der Waals surface area contributed by atoms with Crippen molar-refractivity contribution in [3.8, 4) is 5.75 Å². The first-order chi connectivity index (χ1) is 9.72. The molecule has 0 saturated heterocycles. The summed E-state index contributed by atoms with van der Waals surface area (Å²) < 4.78 is 4.75. The summed E-state index contributed by atoms with van der Waals surface area (Å²) in [5.41, 5.74) is 2.25. The van der Waals surface area contributed by atoms with Gasteiger partial charge in [-0.3, -0.25) is 0 Å². The van der Waals surface area contributed by atoms with Gasteiger partial charge in [0.2, 0.25) is 0 Å². The zero-order chi connectivity index (χ0) is 14.4. The number of carbonyl (C=O) groups is 1. The van der Waals surface area contributed by atoms with E-state index < -0.39 is 0 Å². The average molecular weight is 271 g/mol. The van der Waals surface area contributed by atoms with Crippen molar-refractivity contribution in [2.24, 2.45) is 0 Å². The summed E-state index contributed by atoms with van der Waals surface area (Å²) in [5.74, 6) is -0.0776. The first-order valence-corrected chi connectivity index (χ1v) is 6.36. The van der Waals surface area contributed by atoms with Crippen LogP contribution in [0.3, 0.4) is 0 Å². The number of phenolic OH excluding ortho intramolecular Hbond substituents is 1. The van der Waals surface area contributed by atoms with Crippen molar-refractivity contribution in [1.82, 2.24) is 5.32 Å². The number of benzene rings is 2. The van der Waals surface area contributed by atoms with Gasteiger partial charge in [0.05, 0.1) is 12.7 Å². The molecule has 104 valence electrons. The molecule has 2 N–H and O–H groups in total. The van der Waals surface area contributed by atoms with Gasteiger partial charge in [0.15, 0.2) is 0 Å². The Kier molecular flexibility index (Phi) is 4.74. The summed E-state index contributed by atoms with van der Waals surface area (Å²) in [6, 6.07) is 14.5. The van der Waals surface area contributed by atoms with Crippen LogP contribution in [-0.4, -0.2) is 18.2 Å². The summed E-state index contributed by atoms with van der Waals surface area (Å²) in [6.07, 6.45) is 0. The SMILES string of the molecule is COC(=O)c1ccccc1CNCc1ccccc1O. The lowest BCUT2D eigenvalue weighted by Gasteiger charge is -2.10. The van der Waals surface area contributed by atoms with Gasteiger partial charge in [-0.25, -0.2) is 4.79 Å². The minimum atomic E-state index is -0.343. The van der Waals surface area contributed by atoms with Crippen molar-refractivity contribution in [2.75, 3.05) is 7.11 Å². The summed E-state index contributed by atoms with van der Waals surface area (Å²) in [4.78, 5) is 11.6. The number of carbonyl (C=O) groups excluding carboxylic acids is 1. The molecular weight excluding hydrogens is 254 g/mol. The van der Waals surface area contributed by atoms with Gasteiger partial charge in [0.1, 0.15) is 5.75 Å². The molecule has 0 amide bonds. The van der Waals surface area contributed by atoms with E-state index >= 15 is 0 Å². The third kappa shape index (κ3) is 3.36. The highest BCUT2D eigenvalue weighted by atomic mass is 16.5. The van der Waals surface area contributed by atoms with Crippen molar-refractivity contribution in [2.45, 2.75) is 13.1 Å². The smallest absolute Gasteiger partial charge is 0.338 e. The monoisotopic (exact) mass is 271 g/mol. The maximum absolute atomic E-state index is 11.6. The number of rotatable bonds is 5. The molecule has 4 heteroatoms. The maximum Gasteiger partial charge on any atom is 0.338 e. The zero-order valence-corrected chi connectivity index (χ0v) is 11.3. The molecule has 0 radical (unpaired) electrons. The molecule has 0 aliphatic heterocycles. The number of para-hydroxylation sites is 1. The molecule has 0 atom stereocenters. The second-order valence-electron chi connectivity index (χ2n) is 4.38. The van der Waals surface area contributed by atoms with E-state index in [1.165, 1.54) is 7.11 Å². The second kappa shape index (κ2) is 6.73. The number of nitrogens with one attached hydrogen (secondary N) is 1. The zero-order valence-electron chi connectivity index (χ0n) is 11.3. The first-order valence-electron chi connectivity index (χ1n) is 6.36. The van der Waals surface area contributed by atoms with Crippen LogP contribution in [0.15, 0.2) is 48.5 Å². The van der Waals surface area contributed by atoms with Crippen LogP contribution in [0.1, 0.15) is 21.5 Å². The van der Waals surface area contributed by atoms with Crippen molar-refractivity contribution in [3.05, 3.63) is 65.2 Å². The van der Waals surface area contributed by atoms with Crippen LogP contribution in [0, 0.1) is 0 Å². The lowest BCUT2D eigenvalue weighted by molar-refractivity contribution is 0.0599. The Balaban J connectivity index is 2.01. The number of hydrogen-bond donors (Lipinski definition) is 2. The van der Waals surface area contributed by atoms with Gasteiger partial charge in [-0.1, -0.05) is 36.4 Å². The van der Waals surface area contributed by atoms with Gasteiger partial charge in [-0.15, -0.1) is 0 Å². The fourth-order valence-corrected chi connectivity index (χ4v) is 1.98. The third-order valence-corrected chi connectivity index (χ3v) is 3.05. The summed E-state index contributed by atoms with van der Waals surface area (Å²) in [7, 11) is 1.37. The van der Waals surface area contributed by atoms with Crippen molar-refractivity contribution < 1.29 is 14.6 Å². The minimum absolute atomic E-state index is 0.265. The van der Waals surface area contributed by atoms with E-state index in [1.54, 1.807) is 24.3 Å². The molecule has 0 bridgehead atoms. The van der Waals surface area contributed by atoms with E-state index in [-0.39, 0.29) is 11.7 Å². The number of esters is 1. The predicted octanol–water partition coefficient (Wildman–Crippen LogP) is 2.47. The van der Waals surface area contributed by atoms with Crippen molar-refractivity contribution >= 4 is 5.97 Å². The summed E-state index contributed by atoms with van der Waals surface area (Å²) in [5, 5.41) is 12.9. The fraction of sp³-hybridized carbons (Fsp3) is 0.188. The Morgan fingerprint density at radius 1 is 1.05 bits per heavy atom. The summed E-state index contributed by atoms with van der Waals surface area (Å²) in [6.45, 7) is 1.06. The van der Waals surface area contributed by atoms with Crippen LogP contribution in [-0.2, 0) is 17.8 Å². The molecule has 0 aliphatic rings. The molecule has 4 nitrogen and oxygen atoms in total. The first kappa shape index (κ1) is 14.1. The molecule has 0 aromatic heterocycles. The highest BCUT2D eigenvalue weighted by Crippen LogP contribution is 2.15. The predicted molar refractivity (Wildman–Crippen MR) is 76.4 cm³/mol. The third-order valence-electron chi connectivity index (χ3n) is 3.05. The maximum atomic E-state index is 11.6. The molecule has 2 aromatic rings. The van der Waals surface area contributed by atoms with Gasteiger partial charge in [0.25, 0.3) is 0 Å².